The van der Waals surface area contributed by atoms with E-state index in [1.165, 1.54) is 10.9 Å². The maximum absolute atomic E-state index is 12.2. The van der Waals surface area contributed by atoms with Crippen LogP contribution in [0.2, 0.25) is 0 Å². The Morgan fingerprint density at radius 1 is 1.15 bits per heavy atom. The summed E-state index contributed by atoms with van der Waals surface area (Å²) in [7, 11) is 0. The quantitative estimate of drug-likeness (QED) is 0.870. The molecule has 2 nitrogen and oxygen atoms in total. The van der Waals surface area contributed by atoms with E-state index in [0.717, 1.165) is 4.88 Å². The van der Waals surface area contributed by atoms with Gasteiger partial charge in [0.2, 0.25) is 0 Å². The molecule has 0 bridgehead atoms. The Hall–Kier alpha value is -1.69. The van der Waals surface area contributed by atoms with Crippen LogP contribution in [0.3, 0.4) is 0 Å². The molecule has 2 rings (SSSR count). The van der Waals surface area contributed by atoms with Crippen molar-refractivity contribution >= 4 is 17.0 Å². The monoisotopic (exact) mass is 301 g/mol. The van der Waals surface area contributed by atoms with Crippen LogP contribution in [0, 0.1) is 6.92 Å². The number of hydrogen-bond donors (Lipinski definition) is 1. The van der Waals surface area contributed by atoms with Crippen molar-refractivity contribution in [2.24, 2.45) is 0 Å². The Bertz CT molecular complexity index is 566. The summed E-state index contributed by atoms with van der Waals surface area (Å²) in [6.45, 7) is 1.28. The van der Waals surface area contributed by atoms with Crippen molar-refractivity contribution in [3.05, 3.63) is 46.2 Å². The molecular weight excluding hydrogens is 287 g/mol. The SMILES string of the molecule is Cc1ccc(CNc2ccccc2OCC(F)(F)F)s1. The minimum Gasteiger partial charge on any atom is -0.482 e. The second-order valence-electron chi connectivity index (χ2n) is 4.27. The van der Waals surface area contributed by atoms with Crippen molar-refractivity contribution in [1.82, 2.24) is 0 Å². The number of para-hydroxylation sites is 2. The fourth-order valence-corrected chi connectivity index (χ4v) is 2.49. The lowest BCUT2D eigenvalue weighted by Crippen LogP contribution is -2.19. The number of aryl methyl sites for hydroxylation is 1. The Kier molecular flexibility index (Phi) is 4.54. The van der Waals surface area contributed by atoms with E-state index >= 15 is 0 Å². The van der Waals surface area contributed by atoms with Crippen molar-refractivity contribution in [3.63, 3.8) is 0 Å². The molecule has 1 aromatic carbocycles. The summed E-state index contributed by atoms with van der Waals surface area (Å²) >= 11 is 1.65. The summed E-state index contributed by atoms with van der Waals surface area (Å²) in [5.74, 6) is 0.207. The van der Waals surface area contributed by atoms with Crippen LogP contribution in [0.25, 0.3) is 0 Å². The van der Waals surface area contributed by atoms with Crippen LogP contribution < -0.4 is 10.1 Å². The average Bonchev–Trinajstić information content (AvgIpc) is 2.80. The number of nitrogens with one attached hydrogen (secondary N) is 1. The molecule has 0 aliphatic heterocycles. The lowest BCUT2D eigenvalue weighted by atomic mass is 10.3. The highest BCUT2D eigenvalue weighted by atomic mass is 32.1. The largest absolute Gasteiger partial charge is 0.482 e. The summed E-state index contributed by atoms with van der Waals surface area (Å²) < 4.78 is 41.4. The first-order valence-electron chi connectivity index (χ1n) is 6.02. The average molecular weight is 301 g/mol. The van der Waals surface area contributed by atoms with Gasteiger partial charge in [0.1, 0.15) is 5.75 Å². The van der Waals surface area contributed by atoms with Gasteiger partial charge in [-0.15, -0.1) is 11.3 Å². The highest BCUT2D eigenvalue weighted by Crippen LogP contribution is 2.27. The molecular formula is C14H14F3NOS. The molecule has 0 spiro atoms. The van der Waals surface area contributed by atoms with E-state index in [1.54, 1.807) is 29.5 Å². The molecule has 1 aromatic heterocycles. The highest BCUT2D eigenvalue weighted by Gasteiger charge is 2.28. The number of thiophene rings is 1. The van der Waals surface area contributed by atoms with Crippen LogP contribution >= 0.6 is 11.3 Å². The zero-order valence-corrected chi connectivity index (χ0v) is 11.6. The Morgan fingerprint density at radius 2 is 1.90 bits per heavy atom. The number of hydrogen-bond acceptors (Lipinski definition) is 3. The van der Waals surface area contributed by atoms with Crippen molar-refractivity contribution in [2.45, 2.75) is 19.6 Å². The van der Waals surface area contributed by atoms with Crippen LogP contribution in [-0.2, 0) is 6.54 Å². The summed E-state index contributed by atoms with van der Waals surface area (Å²) in [5.41, 5.74) is 0.558. The third-order valence-electron chi connectivity index (χ3n) is 2.53. The van der Waals surface area contributed by atoms with E-state index in [4.69, 9.17) is 4.74 Å². The number of benzene rings is 1. The lowest BCUT2D eigenvalue weighted by molar-refractivity contribution is -0.153. The van der Waals surface area contributed by atoms with Crippen LogP contribution in [-0.4, -0.2) is 12.8 Å². The molecule has 0 fully saturated rings. The molecule has 1 N–H and O–H groups in total. The highest BCUT2D eigenvalue weighted by molar-refractivity contribution is 7.11. The topological polar surface area (TPSA) is 21.3 Å². The number of rotatable bonds is 5. The molecule has 108 valence electrons. The predicted molar refractivity (Wildman–Crippen MR) is 74.4 cm³/mol. The molecule has 20 heavy (non-hydrogen) atoms. The van der Waals surface area contributed by atoms with Crippen LogP contribution in [0.15, 0.2) is 36.4 Å². The number of alkyl halides is 3. The summed E-state index contributed by atoms with van der Waals surface area (Å²) in [4.78, 5) is 2.32. The molecule has 2 aromatic rings. The molecule has 0 aliphatic carbocycles. The van der Waals surface area contributed by atoms with Crippen molar-refractivity contribution in [3.8, 4) is 5.75 Å². The van der Waals surface area contributed by atoms with Gasteiger partial charge in [0.15, 0.2) is 6.61 Å². The first-order valence-corrected chi connectivity index (χ1v) is 6.83. The van der Waals surface area contributed by atoms with E-state index in [-0.39, 0.29) is 5.75 Å². The van der Waals surface area contributed by atoms with Gasteiger partial charge >= 0.3 is 6.18 Å². The molecule has 0 amide bonds. The van der Waals surface area contributed by atoms with Crippen molar-refractivity contribution < 1.29 is 17.9 Å². The fraction of sp³-hybridized carbons (Fsp3) is 0.286. The fourth-order valence-electron chi connectivity index (χ4n) is 1.66. The Morgan fingerprint density at radius 3 is 2.55 bits per heavy atom. The van der Waals surface area contributed by atoms with Crippen LogP contribution in [0.5, 0.6) is 5.75 Å². The summed E-state index contributed by atoms with van der Waals surface area (Å²) in [6, 6.07) is 10.6. The number of halogens is 3. The van der Waals surface area contributed by atoms with Gasteiger partial charge in [-0.3, -0.25) is 0 Å². The molecule has 0 atom stereocenters. The molecule has 1 heterocycles. The summed E-state index contributed by atoms with van der Waals surface area (Å²) in [5, 5.41) is 3.10. The zero-order valence-electron chi connectivity index (χ0n) is 10.8. The Labute approximate surface area is 119 Å². The van der Waals surface area contributed by atoms with Crippen molar-refractivity contribution in [2.75, 3.05) is 11.9 Å². The molecule has 0 unspecified atom stereocenters. The van der Waals surface area contributed by atoms with E-state index in [2.05, 4.69) is 5.32 Å². The second kappa shape index (κ2) is 6.17. The first kappa shape index (κ1) is 14.7. The summed E-state index contributed by atoms with van der Waals surface area (Å²) in [6.07, 6.45) is -4.34. The smallest absolute Gasteiger partial charge is 0.422 e. The first-order chi connectivity index (χ1) is 9.44. The molecule has 0 saturated heterocycles. The third-order valence-corrected chi connectivity index (χ3v) is 3.53. The molecule has 0 saturated carbocycles. The zero-order chi connectivity index (χ0) is 14.6. The maximum Gasteiger partial charge on any atom is 0.422 e. The van der Waals surface area contributed by atoms with Crippen LogP contribution in [0.1, 0.15) is 9.75 Å². The van der Waals surface area contributed by atoms with Gasteiger partial charge in [0.25, 0.3) is 0 Å². The molecule has 6 heteroatoms. The van der Waals surface area contributed by atoms with E-state index in [1.807, 2.05) is 19.1 Å². The second-order valence-corrected chi connectivity index (χ2v) is 5.64. The van der Waals surface area contributed by atoms with E-state index in [0.29, 0.717) is 12.2 Å². The predicted octanol–water partition coefficient (Wildman–Crippen LogP) is 4.61. The standard InChI is InChI=1S/C14H14F3NOS/c1-10-6-7-11(20-10)8-18-12-4-2-3-5-13(12)19-9-14(15,16)17/h2-7,18H,8-9H2,1H3. The Balaban J connectivity index is 2.00. The van der Waals surface area contributed by atoms with Gasteiger partial charge in [-0.05, 0) is 31.2 Å². The van der Waals surface area contributed by atoms with E-state index in [9.17, 15) is 13.2 Å². The van der Waals surface area contributed by atoms with E-state index < -0.39 is 12.8 Å². The lowest BCUT2D eigenvalue weighted by Gasteiger charge is -2.14. The van der Waals surface area contributed by atoms with Gasteiger partial charge in [-0.1, -0.05) is 12.1 Å². The van der Waals surface area contributed by atoms with Gasteiger partial charge in [-0.25, -0.2) is 0 Å². The van der Waals surface area contributed by atoms with Gasteiger partial charge in [-0.2, -0.15) is 13.2 Å². The number of ether oxygens (including phenoxy) is 1. The maximum atomic E-state index is 12.2. The normalized spacial score (nSPS) is 11.4. The van der Waals surface area contributed by atoms with Crippen LogP contribution in [0.4, 0.5) is 18.9 Å². The molecule has 0 aliphatic rings. The minimum absolute atomic E-state index is 0.207. The van der Waals surface area contributed by atoms with Crippen molar-refractivity contribution in [1.29, 1.82) is 0 Å². The van der Waals surface area contributed by atoms with Gasteiger partial charge in [0, 0.05) is 16.3 Å². The van der Waals surface area contributed by atoms with Gasteiger partial charge in [0.05, 0.1) is 5.69 Å². The third kappa shape index (κ3) is 4.45. The van der Waals surface area contributed by atoms with Gasteiger partial charge < -0.3 is 10.1 Å². The molecule has 0 radical (unpaired) electrons. The minimum atomic E-state index is -4.34. The number of anilines is 1.